The van der Waals surface area contributed by atoms with Crippen LogP contribution in [-0.4, -0.2) is 31.5 Å². The molecular formula is C13H19N3O. The summed E-state index contributed by atoms with van der Waals surface area (Å²) in [6.45, 7) is 2.20. The SMILES string of the molecule is CC(=O)NCCC=Cc1ccc(N(C)C)nc1. The fourth-order valence-electron chi connectivity index (χ4n) is 1.31. The third kappa shape index (κ3) is 5.15. The molecule has 17 heavy (non-hydrogen) atoms. The molecule has 0 bridgehead atoms. The molecule has 92 valence electrons. The minimum Gasteiger partial charge on any atom is -0.363 e. The van der Waals surface area contributed by atoms with E-state index in [0.717, 1.165) is 17.8 Å². The van der Waals surface area contributed by atoms with Gasteiger partial charge >= 0.3 is 0 Å². The van der Waals surface area contributed by atoms with Gasteiger partial charge in [-0.25, -0.2) is 4.98 Å². The van der Waals surface area contributed by atoms with E-state index in [0.29, 0.717) is 6.54 Å². The van der Waals surface area contributed by atoms with Crippen molar-refractivity contribution in [1.82, 2.24) is 10.3 Å². The normalized spacial score (nSPS) is 10.5. The Bertz CT molecular complexity index is 382. The summed E-state index contributed by atoms with van der Waals surface area (Å²) in [7, 11) is 3.93. The van der Waals surface area contributed by atoms with Crippen LogP contribution >= 0.6 is 0 Å². The molecule has 0 saturated carbocycles. The maximum absolute atomic E-state index is 10.6. The van der Waals surface area contributed by atoms with Crippen LogP contribution in [0.1, 0.15) is 18.9 Å². The number of carbonyl (C=O) groups is 1. The second-order valence-corrected chi connectivity index (χ2v) is 4.02. The number of nitrogens with zero attached hydrogens (tertiary/aromatic N) is 2. The van der Waals surface area contributed by atoms with Crippen molar-refractivity contribution in [2.24, 2.45) is 0 Å². The summed E-state index contributed by atoms with van der Waals surface area (Å²) < 4.78 is 0. The van der Waals surface area contributed by atoms with Crippen LogP contribution in [0, 0.1) is 0 Å². The molecule has 0 aliphatic carbocycles. The molecule has 0 aliphatic heterocycles. The van der Waals surface area contributed by atoms with Crippen molar-refractivity contribution in [3.63, 3.8) is 0 Å². The van der Waals surface area contributed by atoms with Crippen LogP contribution in [0.25, 0.3) is 6.08 Å². The van der Waals surface area contributed by atoms with E-state index in [9.17, 15) is 4.79 Å². The molecule has 4 nitrogen and oxygen atoms in total. The zero-order valence-corrected chi connectivity index (χ0v) is 10.6. The van der Waals surface area contributed by atoms with Gasteiger partial charge in [-0.3, -0.25) is 4.79 Å². The summed E-state index contributed by atoms with van der Waals surface area (Å²) in [5.74, 6) is 0.954. The van der Waals surface area contributed by atoms with E-state index in [1.165, 1.54) is 6.92 Å². The van der Waals surface area contributed by atoms with E-state index in [1.54, 1.807) is 0 Å². The number of pyridine rings is 1. The second-order valence-electron chi connectivity index (χ2n) is 4.02. The average molecular weight is 233 g/mol. The molecule has 4 heteroatoms. The van der Waals surface area contributed by atoms with Crippen molar-refractivity contribution in [2.45, 2.75) is 13.3 Å². The van der Waals surface area contributed by atoms with Crippen molar-refractivity contribution in [3.05, 3.63) is 30.0 Å². The van der Waals surface area contributed by atoms with Gasteiger partial charge in [-0.2, -0.15) is 0 Å². The van der Waals surface area contributed by atoms with Crippen molar-refractivity contribution in [3.8, 4) is 0 Å². The zero-order chi connectivity index (χ0) is 12.7. The molecule has 1 aromatic heterocycles. The minimum atomic E-state index is 0.00963. The maximum Gasteiger partial charge on any atom is 0.216 e. The maximum atomic E-state index is 10.6. The smallest absolute Gasteiger partial charge is 0.216 e. The van der Waals surface area contributed by atoms with Gasteiger partial charge in [-0.1, -0.05) is 12.2 Å². The number of hydrogen-bond acceptors (Lipinski definition) is 3. The molecule has 0 spiro atoms. The number of rotatable bonds is 5. The molecule has 0 aliphatic rings. The molecule has 0 radical (unpaired) electrons. The van der Waals surface area contributed by atoms with Crippen LogP contribution in [0.5, 0.6) is 0 Å². The van der Waals surface area contributed by atoms with Gasteiger partial charge < -0.3 is 10.2 Å². The van der Waals surface area contributed by atoms with Crippen LogP contribution in [0.2, 0.25) is 0 Å². The topological polar surface area (TPSA) is 45.2 Å². The predicted molar refractivity (Wildman–Crippen MR) is 70.9 cm³/mol. The number of aromatic nitrogens is 1. The third-order valence-electron chi connectivity index (χ3n) is 2.22. The third-order valence-corrected chi connectivity index (χ3v) is 2.22. The van der Waals surface area contributed by atoms with Crippen molar-refractivity contribution >= 4 is 17.8 Å². The summed E-state index contributed by atoms with van der Waals surface area (Å²) in [5.41, 5.74) is 1.07. The van der Waals surface area contributed by atoms with Crippen molar-refractivity contribution in [2.75, 3.05) is 25.5 Å². The van der Waals surface area contributed by atoms with Gasteiger partial charge in [0.2, 0.25) is 5.91 Å². The Labute approximate surface area is 102 Å². The van der Waals surface area contributed by atoms with Crippen LogP contribution < -0.4 is 10.2 Å². The lowest BCUT2D eigenvalue weighted by Crippen LogP contribution is -2.20. The fourth-order valence-corrected chi connectivity index (χ4v) is 1.31. The largest absolute Gasteiger partial charge is 0.363 e. The van der Waals surface area contributed by atoms with Gasteiger partial charge in [-0.15, -0.1) is 0 Å². The first-order valence-corrected chi connectivity index (χ1v) is 5.64. The summed E-state index contributed by atoms with van der Waals surface area (Å²) >= 11 is 0. The monoisotopic (exact) mass is 233 g/mol. The van der Waals surface area contributed by atoms with Gasteiger partial charge in [0, 0.05) is 33.8 Å². The Hall–Kier alpha value is -1.84. The Morgan fingerprint density at radius 2 is 2.24 bits per heavy atom. The lowest BCUT2D eigenvalue weighted by molar-refractivity contribution is -0.118. The van der Waals surface area contributed by atoms with Gasteiger partial charge in [0.1, 0.15) is 5.82 Å². The lowest BCUT2D eigenvalue weighted by Gasteiger charge is -2.10. The van der Waals surface area contributed by atoms with Crippen LogP contribution in [0.4, 0.5) is 5.82 Å². The lowest BCUT2D eigenvalue weighted by atomic mass is 10.2. The quantitative estimate of drug-likeness (QED) is 0.787. The highest BCUT2D eigenvalue weighted by atomic mass is 16.1. The van der Waals surface area contributed by atoms with Gasteiger partial charge in [0.15, 0.2) is 0 Å². The molecule has 1 rings (SSSR count). The average Bonchev–Trinajstić information content (AvgIpc) is 2.29. The van der Waals surface area contributed by atoms with E-state index in [2.05, 4.69) is 10.3 Å². The van der Waals surface area contributed by atoms with E-state index in [4.69, 9.17) is 0 Å². The Morgan fingerprint density at radius 3 is 2.76 bits per heavy atom. The molecule has 0 saturated heterocycles. The standard InChI is InChI=1S/C13H19N3O/c1-11(17)14-9-5-4-6-12-7-8-13(15-10-12)16(2)3/h4,6-8,10H,5,9H2,1-3H3,(H,14,17). The molecule has 0 aromatic carbocycles. The number of carbonyl (C=O) groups excluding carboxylic acids is 1. The summed E-state index contributed by atoms with van der Waals surface area (Å²) in [4.78, 5) is 16.9. The number of anilines is 1. The minimum absolute atomic E-state index is 0.00963. The fraction of sp³-hybridized carbons (Fsp3) is 0.385. The zero-order valence-electron chi connectivity index (χ0n) is 10.6. The molecule has 1 amide bonds. The highest BCUT2D eigenvalue weighted by molar-refractivity contribution is 5.72. The molecular weight excluding hydrogens is 214 g/mol. The van der Waals surface area contributed by atoms with Crippen LogP contribution in [0.3, 0.4) is 0 Å². The van der Waals surface area contributed by atoms with Crippen molar-refractivity contribution < 1.29 is 4.79 Å². The van der Waals surface area contributed by atoms with E-state index >= 15 is 0 Å². The highest BCUT2D eigenvalue weighted by Crippen LogP contribution is 2.08. The summed E-state index contributed by atoms with van der Waals surface area (Å²) in [5, 5.41) is 2.74. The molecule has 0 atom stereocenters. The Morgan fingerprint density at radius 1 is 1.47 bits per heavy atom. The van der Waals surface area contributed by atoms with E-state index in [-0.39, 0.29) is 5.91 Å². The first kappa shape index (κ1) is 13.2. The number of hydrogen-bond donors (Lipinski definition) is 1. The predicted octanol–water partition coefficient (Wildman–Crippen LogP) is 1.69. The molecule has 0 unspecified atom stereocenters. The molecule has 1 N–H and O–H groups in total. The highest BCUT2D eigenvalue weighted by Gasteiger charge is 1.94. The molecule has 1 heterocycles. The number of amides is 1. The number of nitrogens with one attached hydrogen (secondary N) is 1. The first-order valence-electron chi connectivity index (χ1n) is 5.64. The van der Waals surface area contributed by atoms with Gasteiger partial charge in [0.25, 0.3) is 0 Å². The van der Waals surface area contributed by atoms with Crippen molar-refractivity contribution in [1.29, 1.82) is 0 Å². The second kappa shape index (κ2) is 6.68. The van der Waals surface area contributed by atoms with E-state index < -0.39 is 0 Å². The Balaban J connectivity index is 2.41. The van der Waals surface area contributed by atoms with Crippen LogP contribution in [0.15, 0.2) is 24.4 Å². The molecule has 1 aromatic rings. The summed E-state index contributed by atoms with van der Waals surface area (Å²) in [6, 6.07) is 4.00. The van der Waals surface area contributed by atoms with Gasteiger partial charge in [-0.05, 0) is 24.1 Å². The summed E-state index contributed by atoms with van der Waals surface area (Å²) in [6.07, 6.45) is 6.70. The first-order chi connectivity index (χ1) is 8.09. The Kier molecular flexibility index (Phi) is 5.20. The van der Waals surface area contributed by atoms with E-state index in [1.807, 2.05) is 49.5 Å². The van der Waals surface area contributed by atoms with Gasteiger partial charge in [0.05, 0.1) is 0 Å². The molecule has 0 fully saturated rings. The van der Waals surface area contributed by atoms with Crippen LogP contribution in [-0.2, 0) is 4.79 Å².